The van der Waals surface area contributed by atoms with Crippen molar-refractivity contribution in [2.24, 2.45) is 0 Å². The summed E-state index contributed by atoms with van der Waals surface area (Å²) in [5, 5.41) is 2.69. The van der Waals surface area contributed by atoms with Gasteiger partial charge in [-0.15, -0.1) is 0 Å². The first kappa shape index (κ1) is 13.2. The first-order chi connectivity index (χ1) is 7.77. The summed E-state index contributed by atoms with van der Waals surface area (Å²) in [6, 6.07) is -0.0801. The molecule has 0 radical (unpaired) electrons. The second kappa shape index (κ2) is 7.43. The monoisotopic (exact) mass is 233 g/mol. The number of ether oxygens (including phenoxy) is 4. The van der Waals surface area contributed by atoms with Crippen molar-refractivity contribution >= 4 is 6.09 Å². The van der Waals surface area contributed by atoms with Crippen LogP contribution in [-0.2, 0) is 18.9 Å². The van der Waals surface area contributed by atoms with E-state index in [1.54, 1.807) is 7.11 Å². The minimum atomic E-state index is -0.374. The van der Waals surface area contributed by atoms with E-state index in [1.165, 1.54) is 0 Å². The average molecular weight is 233 g/mol. The second-order valence-corrected chi connectivity index (χ2v) is 3.49. The fourth-order valence-corrected chi connectivity index (χ4v) is 1.45. The zero-order valence-electron chi connectivity index (χ0n) is 9.73. The van der Waals surface area contributed by atoms with Crippen LogP contribution >= 0.6 is 0 Å². The Bertz CT molecular complexity index is 211. The molecular weight excluding hydrogens is 214 g/mol. The molecule has 2 atom stereocenters. The van der Waals surface area contributed by atoms with Gasteiger partial charge in [0, 0.05) is 7.11 Å². The Balaban J connectivity index is 2.05. The highest BCUT2D eigenvalue weighted by atomic mass is 16.7. The largest absolute Gasteiger partial charge is 0.444 e. The predicted molar refractivity (Wildman–Crippen MR) is 56.1 cm³/mol. The molecule has 1 aliphatic rings. The quantitative estimate of drug-likeness (QED) is 0.489. The normalized spacial score (nSPS) is 24.2. The van der Waals surface area contributed by atoms with E-state index in [0.29, 0.717) is 19.8 Å². The summed E-state index contributed by atoms with van der Waals surface area (Å²) in [7, 11) is 1.61. The van der Waals surface area contributed by atoms with Gasteiger partial charge >= 0.3 is 6.09 Å². The Hall–Kier alpha value is -0.850. The molecule has 94 valence electrons. The summed E-state index contributed by atoms with van der Waals surface area (Å²) >= 11 is 0. The molecule has 1 rings (SSSR count). The fourth-order valence-electron chi connectivity index (χ4n) is 1.45. The molecule has 0 spiro atoms. The number of alkyl carbamates (subject to hydrolysis) is 1. The van der Waals surface area contributed by atoms with Gasteiger partial charge in [0.05, 0.1) is 25.9 Å². The van der Waals surface area contributed by atoms with Crippen molar-refractivity contribution in [1.82, 2.24) is 5.32 Å². The fraction of sp³-hybridized carbons (Fsp3) is 0.900. The number of methoxy groups -OCH3 is 1. The number of nitrogens with one attached hydrogen (secondary N) is 1. The lowest BCUT2D eigenvalue weighted by molar-refractivity contribution is -0.0733. The molecule has 0 aliphatic carbocycles. The summed E-state index contributed by atoms with van der Waals surface area (Å²) in [6.07, 6.45) is 0.296. The molecule has 1 saturated heterocycles. The summed E-state index contributed by atoms with van der Waals surface area (Å²) in [5.74, 6) is 0. The molecule has 1 fully saturated rings. The van der Waals surface area contributed by atoms with Crippen LogP contribution in [-0.4, -0.2) is 52.0 Å². The van der Waals surface area contributed by atoms with Gasteiger partial charge in [-0.05, 0) is 6.42 Å². The molecule has 6 nitrogen and oxygen atoms in total. The van der Waals surface area contributed by atoms with Crippen LogP contribution in [0.3, 0.4) is 0 Å². The minimum Gasteiger partial charge on any atom is -0.444 e. The standard InChI is InChI=1S/C10H19NO5/c1-3-9-8(11-10(12)16-9)6-15-7-14-5-4-13-2/h8-9H,3-7H2,1-2H3,(H,11,12)/t8-,9-/m0/s1. The van der Waals surface area contributed by atoms with E-state index in [0.717, 1.165) is 6.42 Å². The van der Waals surface area contributed by atoms with Gasteiger partial charge < -0.3 is 24.3 Å². The van der Waals surface area contributed by atoms with Crippen LogP contribution in [0.5, 0.6) is 0 Å². The average Bonchev–Trinajstić information content (AvgIpc) is 2.64. The number of carbonyl (C=O) groups is 1. The maximum atomic E-state index is 11.0. The molecule has 1 aliphatic heterocycles. The van der Waals surface area contributed by atoms with E-state index >= 15 is 0 Å². The van der Waals surface area contributed by atoms with Crippen LogP contribution in [0.1, 0.15) is 13.3 Å². The zero-order valence-corrected chi connectivity index (χ0v) is 9.73. The maximum Gasteiger partial charge on any atom is 0.407 e. The van der Waals surface area contributed by atoms with Crippen molar-refractivity contribution in [3.05, 3.63) is 0 Å². The lowest BCUT2D eigenvalue weighted by atomic mass is 10.1. The lowest BCUT2D eigenvalue weighted by Gasteiger charge is -2.15. The van der Waals surface area contributed by atoms with Gasteiger partial charge in [0.2, 0.25) is 0 Å². The van der Waals surface area contributed by atoms with Gasteiger partial charge in [-0.1, -0.05) is 6.92 Å². The number of carbonyl (C=O) groups excluding carboxylic acids is 1. The SMILES string of the molecule is CC[C@@H]1OC(=O)N[C@H]1COCOCCOC. The summed E-state index contributed by atoms with van der Waals surface area (Å²) in [4.78, 5) is 11.0. The zero-order chi connectivity index (χ0) is 11.8. The molecule has 0 saturated carbocycles. The number of cyclic esters (lactones) is 1. The van der Waals surface area contributed by atoms with Gasteiger partial charge in [-0.3, -0.25) is 0 Å². The first-order valence-electron chi connectivity index (χ1n) is 5.39. The highest BCUT2D eigenvalue weighted by Gasteiger charge is 2.32. The minimum absolute atomic E-state index is 0.0801. The van der Waals surface area contributed by atoms with Gasteiger partial charge in [-0.2, -0.15) is 0 Å². The molecular formula is C10H19NO5. The third kappa shape index (κ3) is 4.34. The maximum absolute atomic E-state index is 11.0. The van der Waals surface area contributed by atoms with Gasteiger partial charge in [-0.25, -0.2) is 4.79 Å². The molecule has 6 heteroatoms. The second-order valence-electron chi connectivity index (χ2n) is 3.49. The van der Waals surface area contributed by atoms with E-state index < -0.39 is 0 Å². The molecule has 1 amide bonds. The molecule has 1 heterocycles. The van der Waals surface area contributed by atoms with Crippen LogP contribution in [0, 0.1) is 0 Å². The Labute approximate surface area is 95.2 Å². The number of hydrogen-bond donors (Lipinski definition) is 1. The van der Waals surface area contributed by atoms with Crippen molar-refractivity contribution < 1.29 is 23.7 Å². The van der Waals surface area contributed by atoms with E-state index in [-0.39, 0.29) is 25.0 Å². The molecule has 1 N–H and O–H groups in total. The third-order valence-electron chi connectivity index (χ3n) is 2.31. The third-order valence-corrected chi connectivity index (χ3v) is 2.31. The molecule has 0 unspecified atom stereocenters. The van der Waals surface area contributed by atoms with E-state index in [9.17, 15) is 4.79 Å². The molecule has 0 aromatic heterocycles. The van der Waals surface area contributed by atoms with E-state index in [4.69, 9.17) is 18.9 Å². The Morgan fingerprint density at radius 3 is 2.88 bits per heavy atom. The summed E-state index contributed by atoms with van der Waals surface area (Å²) < 4.78 is 20.2. The first-order valence-corrected chi connectivity index (χ1v) is 5.39. The molecule has 0 aromatic rings. The summed E-state index contributed by atoms with van der Waals surface area (Å²) in [5.41, 5.74) is 0. The molecule has 0 bridgehead atoms. The van der Waals surface area contributed by atoms with Crippen LogP contribution < -0.4 is 5.32 Å². The van der Waals surface area contributed by atoms with Crippen molar-refractivity contribution in [2.75, 3.05) is 33.7 Å². The summed E-state index contributed by atoms with van der Waals surface area (Å²) in [6.45, 7) is 3.61. The van der Waals surface area contributed by atoms with Crippen LogP contribution in [0.2, 0.25) is 0 Å². The van der Waals surface area contributed by atoms with Crippen LogP contribution in [0.25, 0.3) is 0 Å². The van der Waals surface area contributed by atoms with Crippen molar-refractivity contribution in [3.63, 3.8) is 0 Å². The topological polar surface area (TPSA) is 66.0 Å². The number of amides is 1. The van der Waals surface area contributed by atoms with Crippen LogP contribution in [0.4, 0.5) is 4.79 Å². The smallest absolute Gasteiger partial charge is 0.407 e. The van der Waals surface area contributed by atoms with Crippen molar-refractivity contribution in [2.45, 2.75) is 25.5 Å². The number of hydrogen-bond acceptors (Lipinski definition) is 5. The molecule has 16 heavy (non-hydrogen) atoms. The highest BCUT2D eigenvalue weighted by molar-refractivity contribution is 5.70. The van der Waals surface area contributed by atoms with Crippen molar-refractivity contribution in [3.8, 4) is 0 Å². The lowest BCUT2D eigenvalue weighted by Crippen LogP contribution is -2.36. The molecule has 0 aromatic carbocycles. The van der Waals surface area contributed by atoms with Crippen LogP contribution in [0.15, 0.2) is 0 Å². The van der Waals surface area contributed by atoms with Gasteiger partial charge in [0.15, 0.2) is 0 Å². The highest BCUT2D eigenvalue weighted by Crippen LogP contribution is 2.12. The number of rotatable bonds is 8. The Morgan fingerprint density at radius 1 is 1.38 bits per heavy atom. The van der Waals surface area contributed by atoms with Gasteiger partial charge in [0.25, 0.3) is 0 Å². The van der Waals surface area contributed by atoms with Gasteiger partial charge in [0.1, 0.15) is 12.9 Å². The Morgan fingerprint density at radius 2 is 2.19 bits per heavy atom. The Kier molecular flexibility index (Phi) is 6.14. The van der Waals surface area contributed by atoms with E-state index in [1.807, 2.05) is 6.92 Å². The van der Waals surface area contributed by atoms with E-state index in [2.05, 4.69) is 5.32 Å². The van der Waals surface area contributed by atoms with Crippen molar-refractivity contribution in [1.29, 1.82) is 0 Å². The predicted octanol–water partition coefficient (Wildman–Crippen LogP) is 0.510.